The number of hydrogen-bond acceptors (Lipinski definition) is 6. The number of carbonyl (C=O) groups is 3. The minimum absolute atomic E-state index is 0.000890. The Morgan fingerprint density at radius 3 is 1.74 bits per heavy atom. The molecule has 0 radical (unpaired) electrons. The predicted octanol–water partition coefficient (Wildman–Crippen LogP) is 4.45. The van der Waals surface area contributed by atoms with Crippen molar-refractivity contribution in [2.75, 3.05) is 19.8 Å². The molecule has 0 fully saturated rings. The summed E-state index contributed by atoms with van der Waals surface area (Å²) in [7, 11) is 0. The fourth-order valence-electron chi connectivity index (χ4n) is 2.85. The summed E-state index contributed by atoms with van der Waals surface area (Å²) in [6.07, 6.45) is 1.65. The molecule has 2 aromatic carbocycles. The number of carbonyl (C=O) groups excluding carboxylic acids is 3. The van der Waals surface area contributed by atoms with E-state index in [1.54, 1.807) is 60.7 Å². The van der Waals surface area contributed by atoms with Crippen LogP contribution in [0.1, 0.15) is 27.6 Å². The summed E-state index contributed by atoms with van der Waals surface area (Å²) >= 11 is 3.52. The molecule has 0 saturated heterocycles. The molecule has 0 amide bonds. The van der Waals surface area contributed by atoms with E-state index < -0.39 is 23.8 Å². The van der Waals surface area contributed by atoms with E-state index in [-0.39, 0.29) is 30.6 Å². The highest BCUT2D eigenvalue weighted by Gasteiger charge is 2.30. The van der Waals surface area contributed by atoms with Crippen LogP contribution >= 0.6 is 15.9 Å². The molecule has 0 aromatic heterocycles. The molecule has 0 spiro atoms. The normalized spacial score (nSPS) is 13.4. The van der Waals surface area contributed by atoms with Gasteiger partial charge in [-0.25, -0.2) is 9.59 Å². The van der Waals surface area contributed by atoms with Gasteiger partial charge in [0.2, 0.25) is 0 Å². The first-order valence-electron chi connectivity index (χ1n) is 9.76. The quantitative estimate of drug-likeness (QED) is 0.201. The molecule has 0 N–H and O–H groups in total. The molecule has 0 aliphatic carbocycles. The van der Waals surface area contributed by atoms with Crippen molar-refractivity contribution in [3.8, 4) is 0 Å². The molecule has 31 heavy (non-hydrogen) atoms. The van der Waals surface area contributed by atoms with Gasteiger partial charge in [-0.3, -0.25) is 4.79 Å². The SMILES string of the molecule is C=CC(Br)[C@@H](COC(=O)c1ccccc1)[C@H](COC(C)=O)COC(=O)c1ccccc1. The second-order valence-electron chi connectivity index (χ2n) is 6.84. The van der Waals surface area contributed by atoms with Crippen molar-refractivity contribution in [3.63, 3.8) is 0 Å². The second-order valence-corrected chi connectivity index (χ2v) is 7.89. The Labute approximate surface area is 190 Å². The Hall–Kier alpha value is -2.93. The average Bonchev–Trinajstić information content (AvgIpc) is 2.80. The summed E-state index contributed by atoms with van der Waals surface area (Å²) < 4.78 is 16.1. The fraction of sp³-hybridized carbons (Fsp3) is 0.292. The largest absolute Gasteiger partial charge is 0.465 e. The van der Waals surface area contributed by atoms with Gasteiger partial charge >= 0.3 is 17.9 Å². The lowest BCUT2D eigenvalue weighted by Crippen LogP contribution is -2.35. The van der Waals surface area contributed by atoms with Crippen LogP contribution in [0.2, 0.25) is 0 Å². The van der Waals surface area contributed by atoms with Crippen molar-refractivity contribution in [2.45, 2.75) is 11.8 Å². The molecule has 2 aromatic rings. The smallest absolute Gasteiger partial charge is 0.338 e. The third kappa shape index (κ3) is 8.02. The van der Waals surface area contributed by atoms with E-state index in [2.05, 4.69) is 22.5 Å². The van der Waals surface area contributed by atoms with Crippen molar-refractivity contribution in [1.82, 2.24) is 0 Å². The number of esters is 3. The number of hydrogen-bond donors (Lipinski definition) is 0. The lowest BCUT2D eigenvalue weighted by molar-refractivity contribution is -0.143. The van der Waals surface area contributed by atoms with Crippen LogP contribution in [0.3, 0.4) is 0 Å². The third-order valence-corrected chi connectivity index (χ3v) is 5.65. The molecule has 0 heterocycles. The minimum Gasteiger partial charge on any atom is -0.465 e. The van der Waals surface area contributed by atoms with Gasteiger partial charge < -0.3 is 14.2 Å². The Morgan fingerprint density at radius 2 is 1.29 bits per heavy atom. The highest BCUT2D eigenvalue weighted by atomic mass is 79.9. The molecular weight excluding hydrogens is 464 g/mol. The molecule has 7 heteroatoms. The summed E-state index contributed by atoms with van der Waals surface area (Å²) in [4.78, 5) is 35.8. The first-order chi connectivity index (χ1) is 14.9. The fourth-order valence-corrected chi connectivity index (χ4v) is 3.44. The summed E-state index contributed by atoms with van der Waals surface area (Å²) in [6, 6.07) is 17.2. The highest BCUT2D eigenvalue weighted by molar-refractivity contribution is 9.09. The van der Waals surface area contributed by atoms with Crippen molar-refractivity contribution >= 4 is 33.8 Å². The zero-order chi connectivity index (χ0) is 22.6. The van der Waals surface area contributed by atoms with E-state index in [0.29, 0.717) is 11.1 Å². The third-order valence-electron chi connectivity index (χ3n) is 4.59. The van der Waals surface area contributed by atoms with Gasteiger partial charge in [0.25, 0.3) is 0 Å². The Bertz CT molecular complexity index is 868. The molecular formula is C24H25BrO6. The van der Waals surface area contributed by atoms with Gasteiger partial charge in [0, 0.05) is 23.6 Å². The number of rotatable bonds is 11. The maximum atomic E-state index is 12.4. The van der Waals surface area contributed by atoms with Crippen molar-refractivity contribution < 1.29 is 28.6 Å². The summed E-state index contributed by atoms with van der Waals surface area (Å²) in [5, 5.41) is 0. The number of allylic oxidation sites excluding steroid dienone is 1. The predicted molar refractivity (Wildman–Crippen MR) is 120 cm³/mol. The number of alkyl halides is 1. The number of ether oxygens (including phenoxy) is 3. The van der Waals surface area contributed by atoms with Crippen LogP contribution in [-0.4, -0.2) is 42.6 Å². The van der Waals surface area contributed by atoms with E-state index >= 15 is 0 Å². The van der Waals surface area contributed by atoms with E-state index in [1.807, 2.05) is 6.07 Å². The minimum atomic E-state index is -0.488. The lowest BCUT2D eigenvalue weighted by Gasteiger charge is -2.28. The molecule has 1 unspecified atom stereocenters. The number of halogens is 1. The van der Waals surface area contributed by atoms with E-state index in [4.69, 9.17) is 14.2 Å². The van der Waals surface area contributed by atoms with Crippen LogP contribution in [-0.2, 0) is 19.0 Å². The summed E-state index contributed by atoms with van der Waals surface area (Å²) in [5.74, 6) is -2.19. The lowest BCUT2D eigenvalue weighted by atomic mass is 9.91. The first kappa shape index (κ1) is 24.3. The highest BCUT2D eigenvalue weighted by Crippen LogP contribution is 2.25. The van der Waals surface area contributed by atoms with Gasteiger partial charge in [-0.15, -0.1) is 6.58 Å². The van der Waals surface area contributed by atoms with E-state index in [0.717, 1.165) is 0 Å². The van der Waals surface area contributed by atoms with Crippen molar-refractivity contribution in [1.29, 1.82) is 0 Å². The van der Waals surface area contributed by atoms with Crippen molar-refractivity contribution in [2.24, 2.45) is 11.8 Å². The van der Waals surface area contributed by atoms with Crippen molar-refractivity contribution in [3.05, 3.63) is 84.4 Å². The average molecular weight is 489 g/mol. The standard InChI is InChI=1S/C24H25BrO6/c1-3-22(25)21(16-31-24(28)19-12-8-5-9-13-19)20(14-29-17(2)26)15-30-23(27)18-10-6-4-7-11-18/h3-13,20-22H,1,14-16H2,2H3/t20-,21+,22?/m1/s1. The molecule has 0 aliphatic heterocycles. The molecule has 0 aliphatic rings. The first-order valence-corrected chi connectivity index (χ1v) is 10.7. The summed E-state index contributed by atoms with van der Waals surface area (Å²) in [6.45, 7) is 5.08. The van der Waals surface area contributed by atoms with Gasteiger partial charge in [0.15, 0.2) is 0 Å². The van der Waals surface area contributed by atoms with Gasteiger partial charge in [0.05, 0.1) is 30.9 Å². The van der Waals surface area contributed by atoms with Gasteiger partial charge in [0.1, 0.15) is 0 Å². The Balaban J connectivity index is 2.10. The summed E-state index contributed by atoms with van der Waals surface area (Å²) in [5.41, 5.74) is 0.845. The van der Waals surface area contributed by atoms with Gasteiger partial charge in [-0.2, -0.15) is 0 Å². The maximum Gasteiger partial charge on any atom is 0.338 e. The molecule has 3 atom stereocenters. The molecule has 2 rings (SSSR count). The van der Waals surface area contributed by atoms with E-state index in [9.17, 15) is 14.4 Å². The van der Waals surface area contributed by atoms with E-state index in [1.165, 1.54) is 6.92 Å². The Morgan fingerprint density at radius 1 is 0.839 bits per heavy atom. The monoisotopic (exact) mass is 488 g/mol. The van der Waals surface area contributed by atoms with Gasteiger partial charge in [-0.1, -0.05) is 58.4 Å². The second kappa shape index (κ2) is 12.7. The molecule has 6 nitrogen and oxygen atoms in total. The Kier molecular flexibility index (Phi) is 9.97. The van der Waals surface area contributed by atoms with Crippen LogP contribution in [0.15, 0.2) is 73.3 Å². The number of benzene rings is 2. The van der Waals surface area contributed by atoms with Crippen LogP contribution < -0.4 is 0 Å². The maximum absolute atomic E-state index is 12.4. The van der Waals surface area contributed by atoms with Crippen LogP contribution in [0.25, 0.3) is 0 Å². The molecule has 164 valence electrons. The topological polar surface area (TPSA) is 78.9 Å². The zero-order valence-electron chi connectivity index (χ0n) is 17.2. The van der Waals surface area contributed by atoms with Gasteiger partial charge in [-0.05, 0) is 24.3 Å². The van der Waals surface area contributed by atoms with Crippen LogP contribution in [0.4, 0.5) is 0 Å². The zero-order valence-corrected chi connectivity index (χ0v) is 18.8. The molecule has 0 saturated carbocycles. The van der Waals surface area contributed by atoms with Crippen LogP contribution in [0.5, 0.6) is 0 Å². The van der Waals surface area contributed by atoms with Crippen LogP contribution in [0, 0.1) is 11.8 Å². The molecule has 0 bridgehead atoms.